The number of aliphatic hydroxyl groups excluding tert-OH is 1. The predicted molar refractivity (Wildman–Crippen MR) is 67.9 cm³/mol. The van der Waals surface area contributed by atoms with E-state index in [1.54, 1.807) is 0 Å². The van der Waals surface area contributed by atoms with Gasteiger partial charge in [0.1, 0.15) is 5.75 Å². The molecule has 0 spiro atoms. The molecule has 0 atom stereocenters. The molecule has 0 amide bonds. The Kier molecular flexibility index (Phi) is 4.46. The van der Waals surface area contributed by atoms with Crippen LogP contribution in [-0.4, -0.2) is 18.3 Å². The summed E-state index contributed by atoms with van der Waals surface area (Å²) in [7, 11) is 0. The minimum Gasteiger partial charge on any atom is -0.493 e. The van der Waals surface area contributed by atoms with Gasteiger partial charge < -0.3 is 9.84 Å². The molecule has 0 bridgehead atoms. The second-order valence-corrected chi connectivity index (χ2v) is 4.41. The maximum atomic E-state index is 8.62. The van der Waals surface area contributed by atoms with Gasteiger partial charge in [0.2, 0.25) is 0 Å². The monoisotopic (exact) mass is 230 g/mol. The highest BCUT2D eigenvalue weighted by Gasteiger charge is 2.17. The summed E-state index contributed by atoms with van der Waals surface area (Å²) in [6, 6.07) is 7.84. The Morgan fingerprint density at radius 1 is 1.24 bits per heavy atom. The Balaban J connectivity index is 1.82. The van der Waals surface area contributed by atoms with Crippen LogP contribution in [-0.2, 0) is 0 Å². The van der Waals surface area contributed by atoms with Gasteiger partial charge >= 0.3 is 0 Å². The van der Waals surface area contributed by atoms with Crippen molar-refractivity contribution in [1.29, 1.82) is 0 Å². The van der Waals surface area contributed by atoms with Crippen molar-refractivity contribution in [1.82, 2.24) is 0 Å². The summed E-state index contributed by atoms with van der Waals surface area (Å²) in [5, 5.41) is 8.62. The maximum Gasteiger partial charge on any atom is 0.119 e. The molecule has 0 radical (unpaired) electrons. The van der Waals surface area contributed by atoms with Crippen LogP contribution in [0.2, 0.25) is 0 Å². The van der Waals surface area contributed by atoms with E-state index in [4.69, 9.17) is 9.84 Å². The molecule has 1 N–H and O–H groups in total. The molecule has 1 aliphatic carbocycles. The average Bonchev–Trinajstić information content (AvgIpc) is 2.29. The van der Waals surface area contributed by atoms with Gasteiger partial charge in [-0.1, -0.05) is 18.3 Å². The normalized spacial score (nSPS) is 14.6. The molecule has 2 rings (SSSR count). The smallest absolute Gasteiger partial charge is 0.119 e. The number of hydrogen-bond acceptors (Lipinski definition) is 2. The zero-order chi connectivity index (χ0) is 11.9. The average molecular weight is 230 g/mol. The van der Waals surface area contributed by atoms with E-state index in [2.05, 4.69) is 11.8 Å². The van der Waals surface area contributed by atoms with Gasteiger partial charge in [-0.3, -0.25) is 0 Å². The summed E-state index contributed by atoms with van der Waals surface area (Å²) in [5.74, 6) is 7.58. The minimum atomic E-state index is 0.121. The minimum absolute atomic E-state index is 0.121. The summed E-state index contributed by atoms with van der Waals surface area (Å²) in [4.78, 5) is 0. The third-order valence-electron chi connectivity index (χ3n) is 3.03. The molecule has 0 aliphatic heterocycles. The topological polar surface area (TPSA) is 29.5 Å². The van der Waals surface area contributed by atoms with Crippen LogP contribution in [0.3, 0.4) is 0 Å². The highest BCUT2D eigenvalue weighted by molar-refractivity contribution is 5.38. The number of ether oxygens (including phenoxy) is 1. The van der Waals surface area contributed by atoms with E-state index >= 15 is 0 Å². The summed E-state index contributed by atoms with van der Waals surface area (Å²) in [6.07, 6.45) is 4.50. The lowest BCUT2D eigenvalue weighted by Gasteiger charge is -2.25. The lowest BCUT2D eigenvalue weighted by molar-refractivity contribution is 0.180. The number of aliphatic hydroxyl groups is 1. The van der Waals surface area contributed by atoms with E-state index in [0.717, 1.165) is 23.8 Å². The van der Waals surface area contributed by atoms with Crippen LogP contribution in [0.5, 0.6) is 5.75 Å². The summed E-state index contributed by atoms with van der Waals surface area (Å²) in [5.41, 5.74) is 0.967. The molecule has 2 heteroatoms. The summed E-state index contributed by atoms with van der Waals surface area (Å²) < 4.78 is 5.70. The highest BCUT2D eigenvalue weighted by atomic mass is 16.5. The Hall–Kier alpha value is -1.46. The number of rotatable bonds is 4. The SMILES string of the molecule is OCCC#Cc1ccc(OCC2CCC2)cc1. The first-order chi connectivity index (χ1) is 8.38. The van der Waals surface area contributed by atoms with Gasteiger partial charge in [0.15, 0.2) is 0 Å². The fourth-order valence-electron chi connectivity index (χ4n) is 1.73. The molecule has 1 saturated carbocycles. The number of hydrogen-bond donors (Lipinski definition) is 1. The third kappa shape index (κ3) is 3.80. The Morgan fingerprint density at radius 3 is 2.59 bits per heavy atom. The molecular formula is C15H18O2. The fourth-order valence-corrected chi connectivity index (χ4v) is 1.73. The van der Waals surface area contributed by atoms with E-state index in [-0.39, 0.29) is 6.61 Å². The van der Waals surface area contributed by atoms with Crippen LogP contribution in [0.1, 0.15) is 31.2 Å². The third-order valence-corrected chi connectivity index (χ3v) is 3.03. The summed E-state index contributed by atoms with van der Waals surface area (Å²) in [6.45, 7) is 0.963. The number of benzene rings is 1. The molecule has 0 saturated heterocycles. The molecule has 0 unspecified atom stereocenters. The molecule has 0 aromatic heterocycles. The summed E-state index contributed by atoms with van der Waals surface area (Å²) >= 11 is 0. The molecule has 2 nitrogen and oxygen atoms in total. The van der Waals surface area contributed by atoms with Gasteiger partial charge in [-0.05, 0) is 43.0 Å². The molecular weight excluding hydrogens is 212 g/mol. The van der Waals surface area contributed by atoms with Gasteiger partial charge in [-0.15, -0.1) is 0 Å². The van der Waals surface area contributed by atoms with Crippen molar-refractivity contribution in [3.05, 3.63) is 29.8 Å². The first-order valence-electron chi connectivity index (χ1n) is 6.21. The second-order valence-electron chi connectivity index (χ2n) is 4.41. The van der Waals surface area contributed by atoms with Crippen molar-refractivity contribution in [2.24, 2.45) is 5.92 Å². The standard InChI is InChI=1S/C15H18O2/c16-11-2-1-4-13-7-9-15(10-8-13)17-12-14-5-3-6-14/h7-10,14,16H,2-3,5-6,11-12H2. The Bertz CT molecular complexity index is 393. The van der Waals surface area contributed by atoms with Crippen LogP contribution in [0, 0.1) is 17.8 Å². The van der Waals surface area contributed by atoms with Crippen LogP contribution >= 0.6 is 0 Å². The van der Waals surface area contributed by atoms with Crippen molar-refractivity contribution < 1.29 is 9.84 Å². The first kappa shape index (κ1) is 12.0. The van der Waals surface area contributed by atoms with E-state index in [9.17, 15) is 0 Å². The first-order valence-corrected chi connectivity index (χ1v) is 6.21. The highest BCUT2D eigenvalue weighted by Crippen LogP contribution is 2.27. The quantitative estimate of drug-likeness (QED) is 0.806. The molecule has 1 fully saturated rings. The lowest BCUT2D eigenvalue weighted by Crippen LogP contribution is -2.19. The van der Waals surface area contributed by atoms with Crippen molar-refractivity contribution in [3.63, 3.8) is 0 Å². The van der Waals surface area contributed by atoms with Crippen LogP contribution < -0.4 is 4.74 Å². The van der Waals surface area contributed by atoms with Crippen LogP contribution in [0.4, 0.5) is 0 Å². The zero-order valence-electron chi connectivity index (χ0n) is 9.98. The van der Waals surface area contributed by atoms with Crippen LogP contribution in [0.25, 0.3) is 0 Å². The molecule has 0 heterocycles. The van der Waals surface area contributed by atoms with E-state index in [1.165, 1.54) is 19.3 Å². The zero-order valence-corrected chi connectivity index (χ0v) is 9.98. The fraction of sp³-hybridized carbons (Fsp3) is 0.467. The van der Waals surface area contributed by atoms with Gasteiger partial charge in [0.05, 0.1) is 13.2 Å². The van der Waals surface area contributed by atoms with Crippen molar-refractivity contribution in [2.75, 3.05) is 13.2 Å². The maximum absolute atomic E-state index is 8.62. The van der Waals surface area contributed by atoms with E-state index in [1.807, 2.05) is 24.3 Å². The van der Waals surface area contributed by atoms with Gasteiger partial charge in [-0.2, -0.15) is 0 Å². The van der Waals surface area contributed by atoms with Crippen molar-refractivity contribution >= 4 is 0 Å². The van der Waals surface area contributed by atoms with E-state index < -0.39 is 0 Å². The predicted octanol–water partition coefficient (Wildman–Crippen LogP) is 2.60. The van der Waals surface area contributed by atoms with Gasteiger partial charge in [0, 0.05) is 12.0 Å². The second kappa shape index (κ2) is 6.32. The lowest BCUT2D eigenvalue weighted by atomic mass is 9.86. The molecule has 90 valence electrons. The molecule has 17 heavy (non-hydrogen) atoms. The van der Waals surface area contributed by atoms with Gasteiger partial charge in [-0.25, -0.2) is 0 Å². The van der Waals surface area contributed by atoms with Crippen molar-refractivity contribution in [2.45, 2.75) is 25.7 Å². The largest absolute Gasteiger partial charge is 0.493 e. The Morgan fingerprint density at radius 2 is 2.00 bits per heavy atom. The Labute approximate surface area is 103 Å². The van der Waals surface area contributed by atoms with Gasteiger partial charge in [0.25, 0.3) is 0 Å². The van der Waals surface area contributed by atoms with Crippen molar-refractivity contribution in [3.8, 4) is 17.6 Å². The molecule has 1 aliphatic rings. The van der Waals surface area contributed by atoms with E-state index in [0.29, 0.717) is 6.42 Å². The van der Waals surface area contributed by atoms with Crippen LogP contribution in [0.15, 0.2) is 24.3 Å². The molecule has 1 aromatic rings. The molecule has 1 aromatic carbocycles.